The van der Waals surface area contributed by atoms with Gasteiger partial charge in [0.05, 0.1) is 30.4 Å². The van der Waals surface area contributed by atoms with Crippen molar-refractivity contribution in [2.75, 3.05) is 7.11 Å². The number of methoxy groups -OCH3 is 1. The van der Waals surface area contributed by atoms with Crippen molar-refractivity contribution in [3.05, 3.63) is 70.8 Å². The molecule has 4 aromatic rings. The molecule has 0 aliphatic heterocycles. The number of halogens is 2. The number of carbonyl (C=O) groups excluding carboxylic acids is 2. The molecule has 0 radical (unpaired) electrons. The third-order valence-corrected chi connectivity index (χ3v) is 6.32. The molecule has 1 aliphatic rings. The van der Waals surface area contributed by atoms with Crippen molar-refractivity contribution in [1.29, 1.82) is 0 Å². The van der Waals surface area contributed by atoms with Gasteiger partial charge in [-0.25, -0.2) is 9.07 Å². The fourth-order valence-electron chi connectivity index (χ4n) is 3.91. The molecule has 9 nitrogen and oxygen atoms in total. The molecule has 2 aromatic carbocycles. The molecule has 180 valence electrons. The standard InChI is InChI=1S/C24H21ClFN5O4/c1-13(27-23(33)24(9-10-24)28-22(32)19-12-20(34-2)30-35-19)15-8-7-14(11-17(15)26)31-18-6-4-3-5-16(18)21(25)29-31/h3-8,11-13H,9-10H2,1-2H3,(H,27,33)(H,28,32). The molecule has 0 bridgehead atoms. The van der Waals surface area contributed by atoms with Crippen molar-refractivity contribution in [3.63, 3.8) is 0 Å². The van der Waals surface area contributed by atoms with Gasteiger partial charge in [0.2, 0.25) is 11.7 Å². The summed E-state index contributed by atoms with van der Waals surface area (Å²) in [4.78, 5) is 25.4. The van der Waals surface area contributed by atoms with Crippen LogP contribution in [0.4, 0.5) is 4.39 Å². The first-order chi connectivity index (χ1) is 16.8. The number of carbonyl (C=O) groups is 2. The zero-order valence-corrected chi connectivity index (χ0v) is 19.6. The van der Waals surface area contributed by atoms with Crippen LogP contribution in [0.25, 0.3) is 16.6 Å². The summed E-state index contributed by atoms with van der Waals surface area (Å²) in [6.45, 7) is 1.68. The minimum Gasteiger partial charge on any atom is -0.479 e. The molecule has 1 atom stereocenters. The van der Waals surface area contributed by atoms with Gasteiger partial charge in [0, 0.05) is 10.9 Å². The molecular weight excluding hydrogens is 477 g/mol. The Kier molecular flexibility index (Phi) is 5.68. The van der Waals surface area contributed by atoms with E-state index in [1.807, 2.05) is 24.3 Å². The number of nitrogens with one attached hydrogen (secondary N) is 2. The molecule has 1 aliphatic carbocycles. The second-order valence-electron chi connectivity index (χ2n) is 8.39. The lowest BCUT2D eigenvalue weighted by atomic mass is 10.1. The Balaban J connectivity index is 1.30. The highest BCUT2D eigenvalue weighted by molar-refractivity contribution is 6.34. The van der Waals surface area contributed by atoms with Gasteiger partial charge in [-0.2, -0.15) is 5.10 Å². The van der Waals surface area contributed by atoms with Crippen LogP contribution in [-0.4, -0.2) is 39.4 Å². The third-order valence-electron chi connectivity index (χ3n) is 6.04. The number of rotatable bonds is 7. The Labute approximate surface area is 204 Å². The second-order valence-corrected chi connectivity index (χ2v) is 8.75. The zero-order chi connectivity index (χ0) is 24.7. The van der Waals surface area contributed by atoms with Gasteiger partial charge in [0.15, 0.2) is 5.15 Å². The molecule has 2 heterocycles. The van der Waals surface area contributed by atoms with Crippen LogP contribution in [0.1, 0.15) is 41.9 Å². The summed E-state index contributed by atoms with van der Waals surface area (Å²) in [7, 11) is 1.40. The average Bonchev–Trinajstić information content (AvgIpc) is 3.33. The smallest absolute Gasteiger partial charge is 0.290 e. The van der Waals surface area contributed by atoms with Crippen molar-refractivity contribution in [2.45, 2.75) is 31.3 Å². The summed E-state index contributed by atoms with van der Waals surface area (Å²) < 4.78 is 26.5. The highest BCUT2D eigenvalue weighted by atomic mass is 35.5. The number of hydrogen-bond donors (Lipinski definition) is 2. The molecule has 1 unspecified atom stereocenters. The molecule has 35 heavy (non-hydrogen) atoms. The maximum absolute atomic E-state index is 15.1. The summed E-state index contributed by atoms with van der Waals surface area (Å²) in [5.74, 6) is -1.40. The number of ether oxygens (including phenoxy) is 1. The lowest BCUT2D eigenvalue weighted by molar-refractivity contribution is -0.124. The van der Waals surface area contributed by atoms with E-state index in [4.69, 9.17) is 20.9 Å². The van der Waals surface area contributed by atoms with Gasteiger partial charge in [-0.1, -0.05) is 29.8 Å². The Morgan fingerprint density at radius 3 is 2.69 bits per heavy atom. The fraction of sp³-hybridized carbons (Fsp3) is 0.250. The number of nitrogens with zero attached hydrogens (tertiary/aromatic N) is 3. The minimum absolute atomic E-state index is 0.0677. The molecule has 5 rings (SSSR count). The Morgan fingerprint density at radius 2 is 2.00 bits per heavy atom. The van der Waals surface area contributed by atoms with Gasteiger partial charge >= 0.3 is 0 Å². The van der Waals surface area contributed by atoms with Gasteiger partial charge < -0.3 is 19.9 Å². The molecule has 1 saturated carbocycles. The largest absolute Gasteiger partial charge is 0.479 e. The maximum Gasteiger partial charge on any atom is 0.290 e. The SMILES string of the molecule is COc1cc(C(=O)NC2(C(=O)NC(C)c3ccc(-n4nc(Cl)c5ccccc54)cc3F)CC2)on1. The van der Waals surface area contributed by atoms with Gasteiger partial charge in [-0.15, -0.1) is 0 Å². The Bertz CT molecular complexity index is 1440. The van der Waals surface area contributed by atoms with E-state index in [0.717, 1.165) is 10.9 Å². The van der Waals surface area contributed by atoms with Crippen molar-refractivity contribution in [3.8, 4) is 11.6 Å². The molecule has 2 amide bonds. The quantitative estimate of drug-likeness (QED) is 0.400. The molecule has 11 heteroatoms. The predicted molar refractivity (Wildman–Crippen MR) is 125 cm³/mol. The number of aromatic nitrogens is 3. The number of amides is 2. The first-order valence-electron chi connectivity index (χ1n) is 10.9. The first kappa shape index (κ1) is 22.9. The topological polar surface area (TPSA) is 111 Å². The first-order valence-corrected chi connectivity index (χ1v) is 11.3. The van der Waals surface area contributed by atoms with Crippen LogP contribution >= 0.6 is 11.6 Å². The maximum atomic E-state index is 15.1. The van der Waals surface area contributed by atoms with Crippen LogP contribution in [0.15, 0.2) is 53.1 Å². The highest BCUT2D eigenvalue weighted by Gasteiger charge is 2.52. The van der Waals surface area contributed by atoms with Gasteiger partial charge in [-0.05, 0) is 49.2 Å². The molecule has 2 aromatic heterocycles. The number of fused-ring (bicyclic) bond motifs is 1. The van der Waals surface area contributed by atoms with Gasteiger partial charge in [-0.3, -0.25) is 9.59 Å². The highest BCUT2D eigenvalue weighted by Crippen LogP contribution is 2.37. The Morgan fingerprint density at radius 1 is 1.23 bits per heavy atom. The van der Waals surface area contributed by atoms with Crippen LogP contribution in [0.2, 0.25) is 5.15 Å². The molecule has 0 spiro atoms. The van der Waals surface area contributed by atoms with Crippen LogP contribution in [0.5, 0.6) is 5.88 Å². The number of benzene rings is 2. The fourth-order valence-corrected chi connectivity index (χ4v) is 4.15. The third kappa shape index (κ3) is 4.21. The lowest BCUT2D eigenvalue weighted by Gasteiger charge is -2.21. The number of para-hydroxylation sites is 1. The van der Waals surface area contributed by atoms with E-state index < -0.39 is 29.2 Å². The summed E-state index contributed by atoms with van der Waals surface area (Å²) in [6, 6.07) is 12.7. The van der Waals surface area contributed by atoms with E-state index in [1.54, 1.807) is 23.7 Å². The van der Waals surface area contributed by atoms with E-state index in [1.165, 1.54) is 19.2 Å². The van der Waals surface area contributed by atoms with Crippen molar-refractivity contribution >= 4 is 34.3 Å². The van der Waals surface area contributed by atoms with Crippen LogP contribution < -0.4 is 15.4 Å². The average molecular weight is 498 g/mol. The molecular formula is C24H21ClFN5O4. The van der Waals surface area contributed by atoms with Crippen LogP contribution in [0, 0.1) is 5.82 Å². The normalized spacial score (nSPS) is 15.0. The van der Waals surface area contributed by atoms with E-state index in [-0.39, 0.29) is 11.6 Å². The summed E-state index contributed by atoms with van der Waals surface area (Å²) in [5.41, 5.74) is 0.474. The van der Waals surface area contributed by atoms with E-state index in [0.29, 0.717) is 29.2 Å². The molecule has 0 saturated heterocycles. The van der Waals surface area contributed by atoms with Gasteiger partial charge in [0.25, 0.3) is 11.8 Å². The van der Waals surface area contributed by atoms with Crippen molar-refractivity contribution in [1.82, 2.24) is 25.6 Å². The van der Waals surface area contributed by atoms with Gasteiger partial charge in [0.1, 0.15) is 11.4 Å². The van der Waals surface area contributed by atoms with E-state index >= 15 is 4.39 Å². The molecule has 2 N–H and O–H groups in total. The van der Waals surface area contributed by atoms with E-state index in [9.17, 15) is 9.59 Å². The summed E-state index contributed by atoms with van der Waals surface area (Å²) >= 11 is 6.22. The monoisotopic (exact) mass is 497 g/mol. The van der Waals surface area contributed by atoms with Crippen molar-refractivity contribution < 1.29 is 23.2 Å². The van der Waals surface area contributed by atoms with E-state index in [2.05, 4.69) is 20.9 Å². The predicted octanol–water partition coefficient (Wildman–Crippen LogP) is 3.95. The van der Waals surface area contributed by atoms with Crippen molar-refractivity contribution in [2.24, 2.45) is 0 Å². The Hall–Kier alpha value is -3.92. The lowest BCUT2D eigenvalue weighted by Crippen LogP contribution is -2.49. The zero-order valence-electron chi connectivity index (χ0n) is 18.8. The van der Waals surface area contributed by atoms with Crippen LogP contribution in [-0.2, 0) is 4.79 Å². The summed E-state index contributed by atoms with van der Waals surface area (Å²) in [6.07, 6.45) is 0.911. The number of hydrogen-bond acceptors (Lipinski definition) is 6. The minimum atomic E-state index is -1.08. The second kappa shape index (κ2) is 8.70. The van der Waals surface area contributed by atoms with Crippen LogP contribution in [0.3, 0.4) is 0 Å². The molecule has 1 fully saturated rings. The summed E-state index contributed by atoms with van der Waals surface area (Å²) in [5, 5.41) is 14.5.